The summed E-state index contributed by atoms with van der Waals surface area (Å²) in [5, 5.41) is 28.3. The van der Waals surface area contributed by atoms with Gasteiger partial charge in [-0.2, -0.15) is 10.5 Å². The molecule has 0 atom stereocenters. The van der Waals surface area contributed by atoms with Gasteiger partial charge in [0.2, 0.25) is 0 Å². The van der Waals surface area contributed by atoms with Crippen LogP contribution in [0.3, 0.4) is 0 Å². The summed E-state index contributed by atoms with van der Waals surface area (Å²) in [4.78, 5) is 4.25. The first-order valence-electron chi connectivity index (χ1n) is 19.0. The van der Waals surface area contributed by atoms with Gasteiger partial charge in [0.05, 0.1) is 22.5 Å². The molecule has 6 nitrogen and oxygen atoms in total. The van der Waals surface area contributed by atoms with Gasteiger partial charge in [0.1, 0.15) is 34.5 Å². The monoisotopic (exact) mass is 742 g/mol. The van der Waals surface area contributed by atoms with Crippen LogP contribution in [0.1, 0.15) is 11.1 Å². The van der Waals surface area contributed by atoms with E-state index in [1.807, 2.05) is 97.1 Å². The van der Waals surface area contributed by atoms with Crippen LogP contribution >= 0.6 is 0 Å². The Morgan fingerprint density at radius 1 is 0.345 bits per heavy atom. The molecule has 0 aliphatic heterocycles. The highest BCUT2D eigenvalue weighted by Crippen LogP contribution is 2.45. The number of rotatable bonds is 6. The van der Waals surface area contributed by atoms with Crippen LogP contribution in [0.25, 0.3) is 65.4 Å². The van der Waals surface area contributed by atoms with Crippen molar-refractivity contribution in [3.05, 3.63) is 193 Å². The van der Waals surface area contributed by atoms with Crippen LogP contribution in [0.2, 0.25) is 0 Å². The van der Waals surface area contributed by atoms with Crippen molar-refractivity contribution >= 4 is 99.5 Å². The Morgan fingerprint density at radius 3 is 1.19 bits per heavy atom. The van der Waals surface area contributed by atoms with E-state index in [2.05, 4.69) is 107 Å². The molecular weight excluding hydrogens is 713 g/mol. The molecular formula is C52H30N4O2. The maximum atomic E-state index is 10.0. The quantitative estimate of drug-likeness (QED) is 0.169. The van der Waals surface area contributed by atoms with Crippen LogP contribution in [0.4, 0.5) is 34.1 Å². The molecule has 0 bridgehead atoms. The van der Waals surface area contributed by atoms with Crippen molar-refractivity contribution in [2.75, 3.05) is 9.80 Å². The Bertz CT molecular complexity index is 3270. The second kappa shape index (κ2) is 13.2. The summed E-state index contributed by atoms with van der Waals surface area (Å²) in [7, 11) is 0. The van der Waals surface area contributed by atoms with Crippen LogP contribution in [-0.4, -0.2) is 0 Å². The summed E-state index contributed by atoms with van der Waals surface area (Å²) < 4.78 is 13.2. The Labute approximate surface area is 332 Å². The van der Waals surface area contributed by atoms with Crippen LogP contribution in [-0.2, 0) is 0 Å². The number of nitriles is 2. The van der Waals surface area contributed by atoms with E-state index < -0.39 is 0 Å². The Morgan fingerprint density at radius 2 is 0.759 bits per heavy atom. The average Bonchev–Trinajstić information content (AvgIpc) is 3.82. The van der Waals surface area contributed by atoms with Crippen LogP contribution < -0.4 is 9.80 Å². The number of furan rings is 2. The molecule has 0 N–H and O–H groups in total. The minimum absolute atomic E-state index is 0.597. The largest absolute Gasteiger partial charge is 0.456 e. The van der Waals surface area contributed by atoms with Gasteiger partial charge in [-0.3, -0.25) is 0 Å². The van der Waals surface area contributed by atoms with Crippen LogP contribution in [0, 0.1) is 22.7 Å². The maximum absolute atomic E-state index is 10.0. The van der Waals surface area contributed by atoms with E-state index in [-0.39, 0.29) is 0 Å². The molecule has 0 unspecified atom stereocenters. The Hall–Kier alpha value is -8.32. The minimum Gasteiger partial charge on any atom is -0.456 e. The van der Waals surface area contributed by atoms with Gasteiger partial charge in [0.25, 0.3) is 0 Å². The van der Waals surface area contributed by atoms with Crippen LogP contribution in [0.15, 0.2) is 191 Å². The molecule has 11 aromatic rings. The molecule has 9 aromatic carbocycles. The third-order valence-electron chi connectivity index (χ3n) is 11.0. The van der Waals surface area contributed by atoms with Gasteiger partial charge in [0.15, 0.2) is 0 Å². The normalized spacial score (nSPS) is 11.4. The highest BCUT2D eigenvalue weighted by atomic mass is 16.3. The molecule has 0 radical (unpaired) electrons. The van der Waals surface area contributed by atoms with Crippen LogP contribution in [0.5, 0.6) is 0 Å². The van der Waals surface area contributed by atoms with Crippen molar-refractivity contribution in [2.24, 2.45) is 0 Å². The van der Waals surface area contributed by atoms with E-state index in [4.69, 9.17) is 8.83 Å². The molecule has 0 fully saturated rings. The number of para-hydroxylation sites is 4. The summed E-state index contributed by atoms with van der Waals surface area (Å²) >= 11 is 0. The number of hydrogen-bond acceptors (Lipinski definition) is 6. The first kappa shape index (κ1) is 33.1. The SMILES string of the molecule is N#Cc1ccccc1N(c1ccccc1)c1ccc2cc3c(cc2c1)oc1ccc2oc4cc5cc(N(c6ccccc6)c6ccccc6C#N)ccc5cc4c2c13. The standard InChI is InChI=1S/C52H30N4O2/c53-31-35-11-7-9-17-45(35)55(39-13-3-1-4-14-39)41-21-19-33-27-43-49(29-37(33)25-41)57-47-23-24-48-52(51(43)47)44-28-34-20-22-42(26-38(34)30-50(44)58-48)56(40-15-5-2-6-16-40)46-18-10-8-12-36(46)32-54/h1-30H. The van der Waals surface area contributed by atoms with E-state index in [9.17, 15) is 10.5 Å². The van der Waals surface area contributed by atoms with Crippen molar-refractivity contribution in [1.82, 2.24) is 0 Å². The molecule has 58 heavy (non-hydrogen) atoms. The molecule has 270 valence electrons. The second-order valence-corrected chi connectivity index (χ2v) is 14.4. The molecule has 0 spiro atoms. The number of anilines is 6. The lowest BCUT2D eigenvalue weighted by Crippen LogP contribution is -2.11. The van der Waals surface area contributed by atoms with Gasteiger partial charge in [-0.05, 0) is 131 Å². The lowest BCUT2D eigenvalue weighted by atomic mass is 10.00. The molecule has 0 aliphatic carbocycles. The number of fused-ring (bicyclic) bond motifs is 9. The zero-order chi connectivity index (χ0) is 38.7. The lowest BCUT2D eigenvalue weighted by Gasteiger charge is -2.26. The van der Waals surface area contributed by atoms with Gasteiger partial charge >= 0.3 is 0 Å². The minimum atomic E-state index is 0.597. The molecule has 0 aliphatic rings. The second-order valence-electron chi connectivity index (χ2n) is 14.4. The van der Waals surface area contributed by atoms with Crippen molar-refractivity contribution in [3.8, 4) is 12.1 Å². The zero-order valence-corrected chi connectivity index (χ0v) is 30.9. The number of nitrogens with zero attached hydrogens (tertiary/aromatic N) is 4. The topological polar surface area (TPSA) is 80.3 Å². The van der Waals surface area contributed by atoms with Crippen molar-refractivity contribution in [1.29, 1.82) is 10.5 Å². The maximum Gasteiger partial charge on any atom is 0.136 e. The lowest BCUT2D eigenvalue weighted by molar-refractivity contribution is 0.663. The van der Waals surface area contributed by atoms with Gasteiger partial charge in [-0.25, -0.2) is 0 Å². The third-order valence-corrected chi connectivity index (χ3v) is 11.0. The summed E-state index contributed by atoms with van der Waals surface area (Å²) in [5.74, 6) is 0. The first-order valence-corrected chi connectivity index (χ1v) is 19.0. The number of benzene rings is 9. The van der Waals surface area contributed by atoms with Gasteiger partial charge < -0.3 is 18.6 Å². The van der Waals surface area contributed by atoms with E-state index >= 15 is 0 Å². The summed E-state index contributed by atoms with van der Waals surface area (Å²) in [5.41, 5.74) is 9.79. The zero-order valence-electron chi connectivity index (χ0n) is 30.9. The Balaban J connectivity index is 1.06. The molecule has 0 saturated carbocycles. The van der Waals surface area contributed by atoms with Crippen molar-refractivity contribution in [2.45, 2.75) is 0 Å². The smallest absolute Gasteiger partial charge is 0.136 e. The average molecular weight is 743 g/mol. The molecule has 2 aromatic heterocycles. The van der Waals surface area contributed by atoms with Gasteiger partial charge in [0, 0.05) is 44.3 Å². The van der Waals surface area contributed by atoms with Crippen molar-refractivity contribution < 1.29 is 8.83 Å². The highest BCUT2D eigenvalue weighted by molar-refractivity contribution is 6.27. The molecule has 11 rings (SSSR count). The van der Waals surface area contributed by atoms with Gasteiger partial charge in [-0.1, -0.05) is 72.8 Å². The van der Waals surface area contributed by atoms with E-state index in [1.54, 1.807) is 0 Å². The number of hydrogen-bond donors (Lipinski definition) is 0. The fourth-order valence-electron chi connectivity index (χ4n) is 8.41. The summed E-state index contributed by atoms with van der Waals surface area (Å²) in [6.07, 6.45) is 0. The fourth-order valence-corrected chi connectivity index (χ4v) is 8.41. The summed E-state index contributed by atoms with van der Waals surface area (Å²) in [6.45, 7) is 0. The van der Waals surface area contributed by atoms with Crippen molar-refractivity contribution in [3.63, 3.8) is 0 Å². The molecule has 6 heteroatoms. The van der Waals surface area contributed by atoms with Gasteiger partial charge in [-0.15, -0.1) is 0 Å². The Kier molecular flexibility index (Phi) is 7.50. The third kappa shape index (κ3) is 5.25. The summed E-state index contributed by atoms with van der Waals surface area (Å²) in [6, 6.07) is 65.8. The highest BCUT2D eigenvalue weighted by Gasteiger charge is 2.21. The van der Waals surface area contributed by atoms with E-state index in [1.165, 1.54) is 0 Å². The molecule has 0 saturated heterocycles. The molecule has 2 heterocycles. The predicted molar refractivity (Wildman–Crippen MR) is 235 cm³/mol. The van der Waals surface area contributed by atoms with E-state index in [0.29, 0.717) is 11.1 Å². The predicted octanol–water partition coefficient (Wildman–Crippen LogP) is 14.5. The van der Waals surface area contributed by atoms with E-state index in [0.717, 1.165) is 99.5 Å². The first-order chi connectivity index (χ1) is 28.6. The fraction of sp³-hybridized carbons (Fsp3) is 0. The molecule has 0 amide bonds.